The molecular weight excluding hydrogens is 242 g/mol. The van der Waals surface area contributed by atoms with Crippen molar-refractivity contribution in [3.63, 3.8) is 0 Å². The van der Waals surface area contributed by atoms with E-state index < -0.39 is 0 Å². The summed E-state index contributed by atoms with van der Waals surface area (Å²) >= 11 is 1.52. The van der Waals surface area contributed by atoms with Crippen molar-refractivity contribution >= 4 is 16.7 Å². The quantitative estimate of drug-likeness (QED) is 0.828. The standard InChI is InChI=1S/C14H25N3S/c1-3-5-11-6-8-12(9-7-11)13-16-14(18-17-13)15-10-4-2/h11-12H,3-10H2,1-2H3,(H,15,16,17). The number of hydrogen-bond acceptors (Lipinski definition) is 4. The third-order valence-corrected chi connectivity index (χ3v) is 4.56. The van der Waals surface area contributed by atoms with E-state index in [1.54, 1.807) is 0 Å². The van der Waals surface area contributed by atoms with E-state index in [0.717, 1.165) is 29.8 Å². The van der Waals surface area contributed by atoms with Gasteiger partial charge in [-0.15, -0.1) is 0 Å². The molecule has 1 saturated carbocycles. The predicted octanol–water partition coefficient (Wildman–Crippen LogP) is 4.43. The summed E-state index contributed by atoms with van der Waals surface area (Å²) in [6.07, 6.45) is 9.18. The van der Waals surface area contributed by atoms with Gasteiger partial charge in [-0.05, 0) is 38.0 Å². The smallest absolute Gasteiger partial charge is 0.202 e. The first-order chi connectivity index (χ1) is 8.83. The molecule has 1 aromatic rings. The van der Waals surface area contributed by atoms with Gasteiger partial charge in [0.1, 0.15) is 5.82 Å². The van der Waals surface area contributed by atoms with Gasteiger partial charge in [-0.25, -0.2) is 4.98 Å². The Hall–Kier alpha value is -0.640. The second-order valence-electron chi connectivity index (χ2n) is 5.39. The van der Waals surface area contributed by atoms with E-state index in [1.165, 1.54) is 50.1 Å². The molecule has 1 fully saturated rings. The molecule has 0 aliphatic heterocycles. The lowest BCUT2D eigenvalue weighted by atomic mass is 9.80. The first-order valence-electron chi connectivity index (χ1n) is 7.41. The van der Waals surface area contributed by atoms with Crippen LogP contribution in [0.15, 0.2) is 0 Å². The van der Waals surface area contributed by atoms with E-state index in [4.69, 9.17) is 0 Å². The average molecular weight is 267 g/mol. The van der Waals surface area contributed by atoms with Gasteiger partial charge in [0, 0.05) is 24.0 Å². The van der Waals surface area contributed by atoms with Crippen molar-refractivity contribution in [2.75, 3.05) is 11.9 Å². The number of anilines is 1. The highest BCUT2D eigenvalue weighted by Gasteiger charge is 2.24. The Kier molecular flexibility index (Phi) is 5.42. The van der Waals surface area contributed by atoms with Gasteiger partial charge in [-0.2, -0.15) is 4.37 Å². The van der Waals surface area contributed by atoms with Crippen molar-refractivity contribution in [3.05, 3.63) is 5.82 Å². The Morgan fingerprint density at radius 2 is 1.94 bits per heavy atom. The summed E-state index contributed by atoms with van der Waals surface area (Å²) in [4.78, 5) is 4.64. The van der Waals surface area contributed by atoms with Crippen LogP contribution in [0.25, 0.3) is 0 Å². The zero-order valence-corrected chi connectivity index (χ0v) is 12.4. The number of aromatic nitrogens is 2. The maximum absolute atomic E-state index is 4.64. The van der Waals surface area contributed by atoms with Crippen molar-refractivity contribution in [2.24, 2.45) is 5.92 Å². The summed E-state index contributed by atoms with van der Waals surface area (Å²) in [6.45, 7) is 5.46. The molecular formula is C14H25N3S. The zero-order chi connectivity index (χ0) is 12.8. The minimum Gasteiger partial charge on any atom is -0.360 e. The Bertz CT molecular complexity index is 343. The van der Waals surface area contributed by atoms with Gasteiger partial charge in [0.25, 0.3) is 0 Å². The minimum atomic E-state index is 0.617. The third-order valence-electron chi connectivity index (χ3n) is 3.88. The lowest BCUT2D eigenvalue weighted by Gasteiger charge is -2.26. The third kappa shape index (κ3) is 3.67. The van der Waals surface area contributed by atoms with Crippen LogP contribution in [0.3, 0.4) is 0 Å². The topological polar surface area (TPSA) is 37.8 Å². The fourth-order valence-electron chi connectivity index (χ4n) is 2.82. The second-order valence-corrected chi connectivity index (χ2v) is 6.14. The number of nitrogens with zero attached hydrogens (tertiary/aromatic N) is 2. The highest BCUT2D eigenvalue weighted by atomic mass is 32.1. The predicted molar refractivity (Wildman–Crippen MR) is 78.3 cm³/mol. The number of nitrogens with one attached hydrogen (secondary N) is 1. The Morgan fingerprint density at radius 3 is 2.61 bits per heavy atom. The molecule has 1 aliphatic rings. The van der Waals surface area contributed by atoms with Crippen molar-refractivity contribution in [2.45, 2.75) is 64.7 Å². The second kappa shape index (κ2) is 7.07. The van der Waals surface area contributed by atoms with E-state index in [2.05, 4.69) is 28.5 Å². The monoisotopic (exact) mass is 267 g/mol. The van der Waals surface area contributed by atoms with E-state index in [0.29, 0.717) is 5.92 Å². The SMILES string of the molecule is CCCNc1nc(C2CCC(CCC)CC2)ns1. The molecule has 0 radical (unpaired) electrons. The summed E-state index contributed by atoms with van der Waals surface area (Å²) in [5.74, 6) is 2.67. The molecule has 1 N–H and O–H groups in total. The molecule has 0 bridgehead atoms. The maximum atomic E-state index is 4.64. The summed E-state index contributed by atoms with van der Waals surface area (Å²) in [5, 5.41) is 4.33. The minimum absolute atomic E-state index is 0.617. The van der Waals surface area contributed by atoms with Crippen LogP contribution in [-0.4, -0.2) is 15.9 Å². The molecule has 1 aromatic heterocycles. The molecule has 4 heteroatoms. The normalized spacial score (nSPS) is 24.1. The largest absolute Gasteiger partial charge is 0.360 e. The molecule has 2 rings (SSSR count). The van der Waals surface area contributed by atoms with Gasteiger partial charge < -0.3 is 5.32 Å². The molecule has 3 nitrogen and oxygen atoms in total. The Labute approximate surface area is 115 Å². The summed E-state index contributed by atoms with van der Waals surface area (Å²) in [7, 11) is 0. The van der Waals surface area contributed by atoms with Crippen LogP contribution in [0.1, 0.15) is 70.5 Å². The highest BCUT2D eigenvalue weighted by Crippen LogP contribution is 2.37. The zero-order valence-electron chi connectivity index (χ0n) is 11.6. The average Bonchev–Trinajstić information content (AvgIpc) is 2.86. The Balaban J connectivity index is 1.83. The van der Waals surface area contributed by atoms with Gasteiger partial charge in [0.2, 0.25) is 5.13 Å². The molecule has 1 heterocycles. The van der Waals surface area contributed by atoms with Crippen molar-refractivity contribution in [1.82, 2.24) is 9.36 Å². The maximum Gasteiger partial charge on any atom is 0.202 e. The summed E-state index contributed by atoms with van der Waals surface area (Å²) < 4.78 is 4.53. The van der Waals surface area contributed by atoms with E-state index in [-0.39, 0.29) is 0 Å². The fraction of sp³-hybridized carbons (Fsp3) is 0.857. The van der Waals surface area contributed by atoms with Crippen LogP contribution in [0.4, 0.5) is 5.13 Å². The van der Waals surface area contributed by atoms with Crippen LogP contribution in [0.5, 0.6) is 0 Å². The van der Waals surface area contributed by atoms with E-state index in [1.807, 2.05) is 0 Å². The number of hydrogen-bond donors (Lipinski definition) is 1. The molecule has 0 spiro atoms. The van der Waals surface area contributed by atoms with Gasteiger partial charge in [0.05, 0.1) is 0 Å². The molecule has 0 unspecified atom stereocenters. The number of rotatable bonds is 6. The van der Waals surface area contributed by atoms with Crippen LogP contribution in [0, 0.1) is 5.92 Å². The Morgan fingerprint density at radius 1 is 1.17 bits per heavy atom. The van der Waals surface area contributed by atoms with Crippen LogP contribution in [0.2, 0.25) is 0 Å². The first-order valence-corrected chi connectivity index (χ1v) is 8.18. The summed E-state index contributed by atoms with van der Waals surface area (Å²) in [5.41, 5.74) is 0. The highest BCUT2D eigenvalue weighted by molar-refractivity contribution is 7.09. The van der Waals surface area contributed by atoms with Crippen LogP contribution in [-0.2, 0) is 0 Å². The van der Waals surface area contributed by atoms with Crippen molar-refractivity contribution < 1.29 is 0 Å². The first kappa shape index (κ1) is 13.8. The van der Waals surface area contributed by atoms with Crippen LogP contribution >= 0.6 is 11.5 Å². The lowest BCUT2D eigenvalue weighted by molar-refractivity contribution is 0.303. The lowest BCUT2D eigenvalue weighted by Crippen LogP contribution is -2.14. The molecule has 0 saturated heterocycles. The van der Waals surface area contributed by atoms with Crippen molar-refractivity contribution in [3.8, 4) is 0 Å². The van der Waals surface area contributed by atoms with E-state index >= 15 is 0 Å². The molecule has 0 aromatic carbocycles. The van der Waals surface area contributed by atoms with Gasteiger partial charge in [-0.3, -0.25) is 0 Å². The molecule has 1 aliphatic carbocycles. The molecule has 0 atom stereocenters. The van der Waals surface area contributed by atoms with E-state index in [9.17, 15) is 0 Å². The molecule has 0 amide bonds. The van der Waals surface area contributed by atoms with Gasteiger partial charge >= 0.3 is 0 Å². The fourth-order valence-corrected chi connectivity index (χ4v) is 3.49. The van der Waals surface area contributed by atoms with Gasteiger partial charge in [0.15, 0.2) is 0 Å². The van der Waals surface area contributed by atoms with Crippen LogP contribution < -0.4 is 5.32 Å². The molecule has 18 heavy (non-hydrogen) atoms. The van der Waals surface area contributed by atoms with Crippen molar-refractivity contribution in [1.29, 1.82) is 0 Å². The molecule has 102 valence electrons. The summed E-state index contributed by atoms with van der Waals surface area (Å²) in [6, 6.07) is 0. The van der Waals surface area contributed by atoms with Gasteiger partial charge in [-0.1, -0.05) is 26.7 Å².